The summed E-state index contributed by atoms with van der Waals surface area (Å²) in [4.78, 5) is 25.1. The second-order valence-electron chi connectivity index (χ2n) is 7.12. The molecule has 0 aliphatic carbocycles. The van der Waals surface area contributed by atoms with Gasteiger partial charge in [0.25, 0.3) is 11.8 Å². The molecule has 0 unspecified atom stereocenters. The van der Waals surface area contributed by atoms with Crippen molar-refractivity contribution in [3.05, 3.63) is 65.2 Å². The van der Waals surface area contributed by atoms with E-state index in [2.05, 4.69) is 24.5 Å². The average molecular weight is 366 g/mol. The number of hydrogen-bond acceptors (Lipinski definition) is 3. The lowest BCUT2D eigenvalue weighted by Crippen LogP contribution is -2.32. The number of hydrogen-bond donors (Lipinski definition) is 2. The predicted octanol–water partition coefficient (Wildman–Crippen LogP) is 3.97. The van der Waals surface area contributed by atoms with Crippen molar-refractivity contribution in [3.63, 3.8) is 0 Å². The van der Waals surface area contributed by atoms with Crippen LogP contribution in [0.25, 0.3) is 0 Å². The Balaban J connectivity index is 1.67. The van der Waals surface area contributed by atoms with Crippen LogP contribution >= 0.6 is 0 Å². The molecule has 2 N–H and O–H groups in total. The van der Waals surface area contributed by atoms with Crippen LogP contribution in [0, 0.1) is 0 Å². The SMILES string of the molecule is CC(C)c1ccc(C(=O)Nc2ccccc2C(=O)NC[C@@H]2CCCO2)cc1. The highest BCUT2D eigenvalue weighted by atomic mass is 16.5. The number of rotatable bonds is 6. The Hall–Kier alpha value is -2.66. The monoisotopic (exact) mass is 366 g/mol. The lowest BCUT2D eigenvalue weighted by atomic mass is 10.0. The zero-order valence-corrected chi connectivity index (χ0v) is 15.8. The van der Waals surface area contributed by atoms with Crippen molar-refractivity contribution in [2.24, 2.45) is 0 Å². The van der Waals surface area contributed by atoms with Gasteiger partial charge in [-0.2, -0.15) is 0 Å². The highest BCUT2D eigenvalue weighted by Gasteiger charge is 2.18. The third kappa shape index (κ3) is 4.95. The largest absolute Gasteiger partial charge is 0.376 e. The standard InChI is InChI=1S/C22H26N2O3/c1-15(2)16-9-11-17(12-10-16)21(25)24-20-8-4-3-7-19(20)22(26)23-14-18-6-5-13-27-18/h3-4,7-12,15,18H,5-6,13-14H2,1-2H3,(H,23,26)(H,24,25)/t18-/m0/s1. The smallest absolute Gasteiger partial charge is 0.255 e. The molecule has 2 amide bonds. The van der Waals surface area contributed by atoms with E-state index in [4.69, 9.17) is 4.74 Å². The maximum atomic E-state index is 12.6. The summed E-state index contributed by atoms with van der Waals surface area (Å²) in [7, 11) is 0. The third-order valence-electron chi connectivity index (χ3n) is 4.77. The van der Waals surface area contributed by atoms with Crippen LogP contribution in [0.15, 0.2) is 48.5 Å². The molecule has 0 radical (unpaired) electrons. The topological polar surface area (TPSA) is 67.4 Å². The third-order valence-corrected chi connectivity index (χ3v) is 4.77. The summed E-state index contributed by atoms with van der Waals surface area (Å²) in [5.41, 5.74) is 2.69. The number of nitrogens with one attached hydrogen (secondary N) is 2. The van der Waals surface area contributed by atoms with Crippen molar-refractivity contribution in [2.75, 3.05) is 18.5 Å². The Morgan fingerprint density at radius 3 is 2.48 bits per heavy atom. The highest BCUT2D eigenvalue weighted by molar-refractivity contribution is 6.09. The van der Waals surface area contributed by atoms with Gasteiger partial charge >= 0.3 is 0 Å². The van der Waals surface area contributed by atoms with Gasteiger partial charge in [-0.25, -0.2) is 0 Å². The average Bonchev–Trinajstić information content (AvgIpc) is 3.20. The zero-order valence-electron chi connectivity index (χ0n) is 15.8. The van der Waals surface area contributed by atoms with Crippen LogP contribution in [0.5, 0.6) is 0 Å². The van der Waals surface area contributed by atoms with Crippen LogP contribution in [-0.2, 0) is 4.74 Å². The first-order valence-corrected chi connectivity index (χ1v) is 9.44. The van der Waals surface area contributed by atoms with Gasteiger partial charge in [-0.1, -0.05) is 38.1 Å². The summed E-state index contributed by atoms with van der Waals surface area (Å²) in [5, 5.41) is 5.75. The van der Waals surface area contributed by atoms with Crippen molar-refractivity contribution in [2.45, 2.75) is 38.7 Å². The van der Waals surface area contributed by atoms with Crippen molar-refractivity contribution in [3.8, 4) is 0 Å². The molecule has 1 atom stereocenters. The molecule has 1 saturated heterocycles. The summed E-state index contributed by atoms with van der Waals surface area (Å²) in [6.07, 6.45) is 2.07. The number of amides is 2. The fourth-order valence-corrected chi connectivity index (χ4v) is 3.11. The van der Waals surface area contributed by atoms with Crippen LogP contribution in [0.1, 0.15) is 58.9 Å². The second kappa shape index (κ2) is 8.82. The van der Waals surface area contributed by atoms with E-state index in [1.165, 1.54) is 5.56 Å². The van der Waals surface area contributed by atoms with Gasteiger partial charge in [-0.15, -0.1) is 0 Å². The summed E-state index contributed by atoms with van der Waals surface area (Å²) < 4.78 is 5.53. The number of carbonyl (C=O) groups excluding carboxylic acids is 2. The Morgan fingerprint density at radius 1 is 1.07 bits per heavy atom. The molecule has 5 nitrogen and oxygen atoms in total. The van der Waals surface area contributed by atoms with Crippen molar-refractivity contribution in [1.82, 2.24) is 5.32 Å². The van der Waals surface area contributed by atoms with Gasteiger partial charge in [-0.05, 0) is 48.6 Å². The highest BCUT2D eigenvalue weighted by Crippen LogP contribution is 2.19. The van der Waals surface area contributed by atoms with Crippen molar-refractivity contribution >= 4 is 17.5 Å². The molecule has 2 aromatic carbocycles. The molecule has 0 aromatic heterocycles. The van der Waals surface area contributed by atoms with Gasteiger partial charge in [-0.3, -0.25) is 9.59 Å². The summed E-state index contributed by atoms with van der Waals surface area (Å²) >= 11 is 0. The summed E-state index contributed by atoms with van der Waals surface area (Å²) in [6, 6.07) is 14.6. The minimum Gasteiger partial charge on any atom is -0.376 e. The van der Waals surface area contributed by atoms with Crippen LogP contribution in [0.4, 0.5) is 5.69 Å². The predicted molar refractivity (Wildman–Crippen MR) is 106 cm³/mol. The number of benzene rings is 2. The van der Waals surface area contributed by atoms with Gasteiger partial charge in [0.1, 0.15) is 0 Å². The fraction of sp³-hybridized carbons (Fsp3) is 0.364. The van der Waals surface area contributed by atoms with E-state index in [-0.39, 0.29) is 17.9 Å². The molecule has 2 aromatic rings. The number of ether oxygens (including phenoxy) is 1. The van der Waals surface area contributed by atoms with Crippen LogP contribution in [0.2, 0.25) is 0 Å². The van der Waals surface area contributed by atoms with Gasteiger partial charge in [0, 0.05) is 18.7 Å². The van der Waals surface area contributed by atoms with Crippen molar-refractivity contribution < 1.29 is 14.3 Å². The van der Waals surface area contributed by atoms with E-state index >= 15 is 0 Å². The molecule has 142 valence electrons. The number of carbonyl (C=O) groups is 2. The molecule has 0 spiro atoms. The molecule has 1 aliphatic rings. The molecule has 27 heavy (non-hydrogen) atoms. The maximum Gasteiger partial charge on any atom is 0.255 e. The summed E-state index contributed by atoms with van der Waals surface area (Å²) in [6.45, 7) is 5.46. The number of anilines is 1. The van der Waals surface area contributed by atoms with E-state index in [0.29, 0.717) is 29.3 Å². The molecule has 1 aliphatic heterocycles. The minimum atomic E-state index is -0.232. The first kappa shape index (κ1) is 19.1. The second-order valence-corrected chi connectivity index (χ2v) is 7.12. The Morgan fingerprint density at radius 2 is 1.81 bits per heavy atom. The molecule has 5 heteroatoms. The number of para-hydroxylation sites is 1. The van der Waals surface area contributed by atoms with Gasteiger partial charge in [0.05, 0.1) is 17.4 Å². The Labute approximate surface area is 160 Å². The van der Waals surface area contributed by atoms with E-state index in [1.807, 2.05) is 24.3 Å². The molecule has 0 bridgehead atoms. The van der Waals surface area contributed by atoms with E-state index in [1.54, 1.807) is 24.3 Å². The lowest BCUT2D eigenvalue weighted by molar-refractivity contribution is 0.0858. The summed E-state index contributed by atoms with van der Waals surface area (Å²) in [5.74, 6) is -0.0309. The van der Waals surface area contributed by atoms with Crippen LogP contribution in [-0.4, -0.2) is 31.1 Å². The quantitative estimate of drug-likeness (QED) is 0.813. The van der Waals surface area contributed by atoms with Crippen molar-refractivity contribution in [1.29, 1.82) is 0 Å². The Bertz CT molecular complexity index is 793. The normalized spacial score (nSPS) is 16.3. The van der Waals surface area contributed by atoms with E-state index < -0.39 is 0 Å². The minimum absolute atomic E-state index is 0.0789. The molecule has 1 fully saturated rings. The first-order valence-electron chi connectivity index (χ1n) is 9.44. The maximum absolute atomic E-state index is 12.6. The van der Waals surface area contributed by atoms with Gasteiger partial charge in [0.2, 0.25) is 0 Å². The fourth-order valence-electron chi connectivity index (χ4n) is 3.11. The van der Waals surface area contributed by atoms with E-state index in [9.17, 15) is 9.59 Å². The molecule has 1 heterocycles. The molecular weight excluding hydrogens is 340 g/mol. The first-order chi connectivity index (χ1) is 13.0. The molecule has 3 rings (SSSR count). The van der Waals surface area contributed by atoms with Gasteiger partial charge < -0.3 is 15.4 Å². The lowest BCUT2D eigenvalue weighted by Gasteiger charge is -2.14. The van der Waals surface area contributed by atoms with Crippen LogP contribution < -0.4 is 10.6 Å². The molecule has 0 saturated carbocycles. The molecular formula is C22H26N2O3. The van der Waals surface area contributed by atoms with E-state index in [0.717, 1.165) is 19.4 Å². The van der Waals surface area contributed by atoms with Crippen LogP contribution in [0.3, 0.4) is 0 Å². The Kier molecular flexibility index (Phi) is 6.24. The zero-order chi connectivity index (χ0) is 19.2. The van der Waals surface area contributed by atoms with Gasteiger partial charge in [0.15, 0.2) is 0 Å².